The van der Waals surface area contributed by atoms with Crippen molar-refractivity contribution in [2.24, 2.45) is 5.92 Å². The quantitative estimate of drug-likeness (QED) is 0.810. The van der Waals surface area contributed by atoms with E-state index in [2.05, 4.69) is 14.6 Å². The first-order valence-electron chi connectivity index (χ1n) is 6.97. The molecule has 1 aliphatic carbocycles. The smallest absolute Gasteiger partial charge is 0.245 e. The van der Waals surface area contributed by atoms with Crippen molar-refractivity contribution in [2.75, 3.05) is 19.6 Å². The Balaban J connectivity index is 1.60. The molecule has 1 aliphatic heterocycles. The third-order valence-electron chi connectivity index (χ3n) is 4.02. The molecule has 3 rings (SSSR count). The van der Waals surface area contributed by atoms with Crippen LogP contribution in [0.1, 0.15) is 19.3 Å². The lowest BCUT2D eigenvalue weighted by molar-refractivity contribution is 0.314. The topological polar surface area (TPSA) is 82.3 Å². The number of likely N-dealkylation sites (tertiary alicyclic amines) is 1. The summed E-state index contributed by atoms with van der Waals surface area (Å²) in [6.07, 6.45) is 6.22. The minimum atomic E-state index is -3.71. The predicted molar refractivity (Wildman–Crippen MR) is 75.0 cm³/mol. The highest BCUT2D eigenvalue weighted by molar-refractivity contribution is 7.89. The van der Waals surface area contributed by atoms with E-state index in [9.17, 15) is 13.2 Å². The molecule has 1 saturated heterocycles. The second-order valence-corrected chi connectivity index (χ2v) is 7.34. The number of nitrogens with zero attached hydrogens (tertiary/aromatic N) is 1. The van der Waals surface area contributed by atoms with E-state index in [1.165, 1.54) is 31.3 Å². The Kier molecular flexibility index (Phi) is 3.66. The minimum absolute atomic E-state index is 0.211. The van der Waals surface area contributed by atoms with Crippen LogP contribution in [0.15, 0.2) is 28.2 Å². The summed E-state index contributed by atoms with van der Waals surface area (Å²) in [5.74, 6) is 0.341. The van der Waals surface area contributed by atoms with Crippen LogP contribution in [0.4, 0.5) is 0 Å². The van der Waals surface area contributed by atoms with Crippen LogP contribution in [0, 0.1) is 5.92 Å². The van der Waals surface area contributed by atoms with Crippen molar-refractivity contribution in [2.45, 2.75) is 30.2 Å². The van der Waals surface area contributed by atoms with E-state index in [0.29, 0.717) is 12.5 Å². The van der Waals surface area contributed by atoms with Crippen LogP contribution in [0.25, 0.3) is 0 Å². The molecule has 1 saturated carbocycles. The van der Waals surface area contributed by atoms with Gasteiger partial charge in [0.05, 0.1) is 0 Å². The molecule has 1 unspecified atom stereocenters. The Morgan fingerprint density at radius 2 is 2.15 bits per heavy atom. The number of nitrogens with one attached hydrogen (secondary N) is 2. The van der Waals surface area contributed by atoms with Gasteiger partial charge in [-0.15, -0.1) is 0 Å². The van der Waals surface area contributed by atoms with Gasteiger partial charge in [0.25, 0.3) is 0 Å². The summed E-state index contributed by atoms with van der Waals surface area (Å²) in [4.78, 5) is 16.4. The molecular weight excluding hydrogens is 278 g/mol. The van der Waals surface area contributed by atoms with E-state index in [4.69, 9.17) is 0 Å². The Bertz CT molecular complexity index is 636. The lowest BCUT2D eigenvalue weighted by atomic mass is 10.1. The summed E-state index contributed by atoms with van der Waals surface area (Å²) in [5.41, 5.74) is -0.484. The third-order valence-corrected chi connectivity index (χ3v) is 5.47. The van der Waals surface area contributed by atoms with Crippen molar-refractivity contribution < 1.29 is 8.42 Å². The van der Waals surface area contributed by atoms with E-state index >= 15 is 0 Å². The standard InChI is InChI=1S/C13H19N3O3S/c17-12-3-5-14-8-13(12)20(18,19)15-7-10-4-6-16(9-10)11-1-2-11/h3,5,8,10-11,15H,1-2,4,6-7,9H2,(H,14,17). The van der Waals surface area contributed by atoms with Crippen molar-refractivity contribution in [1.29, 1.82) is 0 Å². The third kappa shape index (κ3) is 2.94. The summed E-state index contributed by atoms with van der Waals surface area (Å²) >= 11 is 0. The number of aromatic nitrogens is 1. The van der Waals surface area contributed by atoms with Gasteiger partial charge in [0.15, 0.2) is 0 Å². The number of hydrogen-bond donors (Lipinski definition) is 2. The Morgan fingerprint density at radius 1 is 1.35 bits per heavy atom. The molecule has 2 fully saturated rings. The zero-order valence-corrected chi connectivity index (χ0v) is 12.0. The van der Waals surface area contributed by atoms with Gasteiger partial charge in [0.2, 0.25) is 15.5 Å². The highest BCUT2D eigenvalue weighted by Gasteiger charge is 2.34. The molecule has 20 heavy (non-hydrogen) atoms. The fraction of sp³-hybridized carbons (Fsp3) is 0.615. The number of sulfonamides is 1. The first-order valence-corrected chi connectivity index (χ1v) is 8.45. The van der Waals surface area contributed by atoms with Gasteiger partial charge < -0.3 is 9.88 Å². The molecule has 1 atom stereocenters. The molecular formula is C13H19N3O3S. The van der Waals surface area contributed by atoms with Gasteiger partial charge >= 0.3 is 0 Å². The fourth-order valence-electron chi connectivity index (χ4n) is 2.72. The molecule has 2 aliphatic rings. The molecule has 110 valence electrons. The van der Waals surface area contributed by atoms with Gasteiger partial charge in [0.1, 0.15) is 4.90 Å². The second kappa shape index (κ2) is 5.31. The number of H-pyrrole nitrogens is 1. The normalized spacial score (nSPS) is 24.1. The zero-order chi connectivity index (χ0) is 14.2. The van der Waals surface area contributed by atoms with Crippen molar-refractivity contribution in [1.82, 2.24) is 14.6 Å². The molecule has 7 heteroatoms. The lowest BCUT2D eigenvalue weighted by Gasteiger charge is -2.15. The molecule has 0 radical (unpaired) electrons. The SMILES string of the molecule is O=c1cc[nH]cc1S(=O)(=O)NCC1CCN(C2CC2)C1. The first-order chi connectivity index (χ1) is 9.56. The monoisotopic (exact) mass is 297 g/mol. The van der Waals surface area contributed by atoms with Gasteiger partial charge in [-0.1, -0.05) is 0 Å². The number of rotatable bonds is 5. The summed E-state index contributed by atoms with van der Waals surface area (Å²) in [7, 11) is -3.71. The predicted octanol–water partition coefficient (Wildman–Crippen LogP) is 0.138. The first kappa shape index (κ1) is 13.8. The van der Waals surface area contributed by atoms with Crippen molar-refractivity contribution in [3.05, 3.63) is 28.7 Å². The largest absolute Gasteiger partial charge is 0.366 e. The Morgan fingerprint density at radius 3 is 2.85 bits per heavy atom. The molecule has 2 heterocycles. The molecule has 0 bridgehead atoms. The van der Waals surface area contributed by atoms with Gasteiger partial charge in [-0.05, 0) is 31.7 Å². The molecule has 2 N–H and O–H groups in total. The van der Waals surface area contributed by atoms with Crippen molar-refractivity contribution in [3.8, 4) is 0 Å². The van der Waals surface area contributed by atoms with E-state index in [0.717, 1.165) is 25.6 Å². The molecule has 1 aromatic rings. The maximum atomic E-state index is 12.1. The highest BCUT2D eigenvalue weighted by Crippen LogP contribution is 2.31. The van der Waals surface area contributed by atoms with Crippen molar-refractivity contribution in [3.63, 3.8) is 0 Å². The number of aromatic amines is 1. The second-order valence-electron chi connectivity index (χ2n) is 5.61. The Hall–Kier alpha value is -1.18. The van der Waals surface area contributed by atoms with Gasteiger partial charge in [-0.3, -0.25) is 4.79 Å². The van der Waals surface area contributed by atoms with E-state index in [1.807, 2.05) is 0 Å². The maximum Gasteiger partial charge on any atom is 0.245 e. The average Bonchev–Trinajstić information content (AvgIpc) is 3.16. The summed E-state index contributed by atoms with van der Waals surface area (Å²) in [6.45, 7) is 2.42. The van der Waals surface area contributed by atoms with Crippen molar-refractivity contribution >= 4 is 10.0 Å². The summed E-state index contributed by atoms with van der Waals surface area (Å²) < 4.78 is 26.7. The van der Waals surface area contributed by atoms with Crippen LogP contribution in [0.5, 0.6) is 0 Å². The van der Waals surface area contributed by atoms with Crippen LogP contribution < -0.4 is 10.2 Å². The maximum absolute atomic E-state index is 12.1. The summed E-state index contributed by atoms with van der Waals surface area (Å²) in [6, 6.07) is 1.95. The van der Waals surface area contributed by atoms with Crippen LogP contribution >= 0.6 is 0 Å². The molecule has 1 aromatic heterocycles. The summed E-state index contributed by atoms with van der Waals surface area (Å²) in [5, 5.41) is 0. The Labute approximate surface area is 118 Å². The lowest BCUT2D eigenvalue weighted by Crippen LogP contribution is -2.33. The molecule has 6 nitrogen and oxygen atoms in total. The highest BCUT2D eigenvalue weighted by atomic mass is 32.2. The number of pyridine rings is 1. The number of hydrogen-bond acceptors (Lipinski definition) is 4. The zero-order valence-electron chi connectivity index (χ0n) is 11.2. The van der Waals surface area contributed by atoms with E-state index in [1.54, 1.807) is 0 Å². The molecule has 0 aromatic carbocycles. The minimum Gasteiger partial charge on any atom is -0.366 e. The van der Waals surface area contributed by atoms with Crippen LogP contribution in [-0.2, 0) is 10.0 Å². The van der Waals surface area contributed by atoms with Crippen LogP contribution in [0.3, 0.4) is 0 Å². The van der Waals surface area contributed by atoms with Crippen LogP contribution in [-0.4, -0.2) is 44.0 Å². The fourth-order valence-corrected chi connectivity index (χ4v) is 3.88. The average molecular weight is 297 g/mol. The van der Waals surface area contributed by atoms with E-state index in [-0.39, 0.29) is 4.90 Å². The van der Waals surface area contributed by atoms with Gasteiger partial charge in [0, 0.05) is 37.6 Å². The molecule has 0 spiro atoms. The van der Waals surface area contributed by atoms with Crippen LogP contribution in [0.2, 0.25) is 0 Å². The van der Waals surface area contributed by atoms with Gasteiger partial charge in [-0.2, -0.15) is 0 Å². The van der Waals surface area contributed by atoms with Gasteiger partial charge in [-0.25, -0.2) is 13.1 Å². The van der Waals surface area contributed by atoms with E-state index < -0.39 is 15.5 Å². The molecule has 0 amide bonds.